The van der Waals surface area contributed by atoms with Crippen LogP contribution in [0.5, 0.6) is 0 Å². The van der Waals surface area contributed by atoms with Gasteiger partial charge in [-0.25, -0.2) is 18.2 Å². The smallest absolute Gasteiger partial charge is 0.410 e. The molecule has 0 saturated carbocycles. The first kappa shape index (κ1) is 33.6. The van der Waals surface area contributed by atoms with E-state index in [1.165, 1.54) is 18.2 Å². The van der Waals surface area contributed by atoms with Gasteiger partial charge in [0.25, 0.3) is 10.0 Å². The molecule has 1 amide bonds. The lowest BCUT2D eigenvalue weighted by atomic mass is 10.1. The summed E-state index contributed by atoms with van der Waals surface area (Å²) in [6.45, 7) is 9.55. The Kier molecular flexibility index (Phi) is 9.85. The highest BCUT2D eigenvalue weighted by Gasteiger charge is 2.32. The van der Waals surface area contributed by atoms with Gasteiger partial charge in [-0.1, -0.05) is 23.2 Å². The summed E-state index contributed by atoms with van der Waals surface area (Å²) in [5, 5.41) is 0.304. The van der Waals surface area contributed by atoms with Gasteiger partial charge < -0.3 is 24.2 Å². The predicted octanol–water partition coefficient (Wildman–Crippen LogP) is 5.29. The molecule has 246 valence electrons. The first-order valence-electron chi connectivity index (χ1n) is 14.9. The minimum absolute atomic E-state index is 0.105. The maximum absolute atomic E-state index is 13.8. The zero-order valence-electron chi connectivity index (χ0n) is 26.1. The lowest BCUT2D eigenvalue weighted by Gasteiger charge is -2.36. The van der Waals surface area contributed by atoms with Crippen LogP contribution in [0.1, 0.15) is 33.3 Å². The molecule has 0 spiro atoms. The lowest BCUT2D eigenvalue weighted by molar-refractivity contribution is -0.141. The van der Waals surface area contributed by atoms with Crippen LogP contribution in [-0.4, -0.2) is 86.8 Å². The average Bonchev–Trinajstić information content (AvgIpc) is 3.42. The van der Waals surface area contributed by atoms with Gasteiger partial charge in [0.15, 0.2) is 0 Å². The van der Waals surface area contributed by atoms with Crippen LogP contribution in [0, 0.1) is 0 Å². The molecule has 0 bridgehead atoms. The highest BCUT2D eigenvalue weighted by Crippen LogP contribution is 2.37. The van der Waals surface area contributed by atoms with Crippen LogP contribution in [0.25, 0.3) is 0 Å². The van der Waals surface area contributed by atoms with Crippen LogP contribution in [0.4, 0.5) is 27.9 Å². The number of esters is 1. The first-order valence-corrected chi connectivity index (χ1v) is 17.1. The molecule has 3 aromatic rings. The first-order chi connectivity index (χ1) is 21.7. The summed E-state index contributed by atoms with van der Waals surface area (Å²) >= 11 is 12.2. The van der Waals surface area contributed by atoms with Gasteiger partial charge in [-0.3, -0.25) is 9.10 Å². The van der Waals surface area contributed by atoms with E-state index >= 15 is 0 Å². The van der Waals surface area contributed by atoms with E-state index in [1.807, 2.05) is 31.7 Å². The molecule has 0 aliphatic carbocycles. The van der Waals surface area contributed by atoms with E-state index in [-0.39, 0.29) is 27.6 Å². The van der Waals surface area contributed by atoms with E-state index in [2.05, 4.69) is 9.88 Å². The van der Waals surface area contributed by atoms with E-state index in [0.717, 1.165) is 21.4 Å². The van der Waals surface area contributed by atoms with Crippen LogP contribution in [0.2, 0.25) is 10.0 Å². The number of carbonyl (C=O) groups is 2. The number of amides is 1. The molecule has 3 heterocycles. The number of anilines is 4. The van der Waals surface area contributed by atoms with Gasteiger partial charge in [-0.15, -0.1) is 0 Å². The Labute approximate surface area is 278 Å². The van der Waals surface area contributed by atoms with Crippen molar-refractivity contribution >= 4 is 68.4 Å². The molecule has 1 saturated heterocycles. The molecule has 2 aromatic carbocycles. The SMILES string of the molecule is CCOC(=O)CN(c1ccc2c(c1)CCN2c1nccc(N2CCN(C(=O)OC(C)(C)C)CC2)n1)S(=O)(=O)c1cc(Cl)cc(Cl)c1. The van der Waals surface area contributed by atoms with Crippen LogP contribution >= 0.6 is 23.2 Å². The van der Waals surface area contributed by atoms with Crippen molar-refractivity contribution < 1.29 is 27.5 Å². The normalized spacial score (nSPS) is 15.0. The van der Waals surface area contributed by atoms with E-state index in [4.69, 9.17) is 37.7 Å². The Hall–Kier alpha value is -3.81. The zero-order valence-corrected chi connectivity index (χ0v) is 28.4. The van der Waals surface area contributed by atoms with Crippen molar-refractivity contribution in [3.63, 3.8) is 0 Å². The number of fused-ring (bicyclic) bond motifs is 1. The summed E-state index contributed by atoms with van der Waals surface area (Å²) in [6.07, 6.45) is 1.98. The number of piperazine rings is 1. The number of benzene rings is 2. The van der Waals surface area contributed by atoms with Crippen molar-refractivity contribution in [2.24, 2.45) is 0 Å². The third-order valence-corrected chi connectivity index (χ3v) is 9.56. The van der Waals surface area contributed by atoms with E-state index in [9.17, 15) is 18.0 Å². The van der Waals surface area contributed by atoms with Crippen molar-refractivity contribution in [1.29, 1.82) is 0 Å². The minimum Gasteiger partial charge on any atom is -0.465 e. The second-order valence-corrected chi connectivity index (χ2v) is 14.5. The topological polar surface area (TPSA) is 125 Å². The summed E-state index contributed by atoms with van der Waals surface area (Å²) in [6, 6.07) is 11.0. The maximum Gasteiger partial charge on any atom is 0.410 e. The molecule has 2 aliphatic heterocycles. The van der Waals surface area contributed by atoms with Crippen LogP contribution in [0.15, 0.2) is 53.6 Å². The molecule has 0 atom stereocenters. The summed E-state index contributed by atoms with van der Waals surface area (Å²) in [5.41, 5.74) is 1.43. The van der Waals surface area contributed by atoms with Gasteiger partial charge in [0.2, 0.25) is 5.95 Å². The molecular formula is C31H36Cl2N6O6S. The lowest BCUT2D eigenvalue weighted by Crippen LogP contribution is -2.50. The Morgan fingerprint density at radius 3 is 2.33 bits per heavy atom. The third-order valence-electron chi connectivity index (χ3n) is 7.37. The number of aromatic nitrogens is 2. The molecule has 0 unspecified atom stereocenters. The molecule has 5 rings (SSSR count). The highest BCUT2D eigenvalue weighted by molar-refractivity contribution is 7.92. The standard InChI is InChI=1S/C31H36Cl2N6O6S/c1-5-44-28(40)20-39(46(42,43)25-18-22(32)17-23(33)19-25)24-6-7-26-21(16-24)9-11-38(26)29-34-10-8-27(35-29)36-12-14-37(15-13-36)30(41)45-31(2,3)4/h6-8,10,16-19H,5,9,11-15,20H2,1-4H3. The third kappa shape index (κ3) is 7.59. The number of rotatable bonds is 8. The Bertz CT molecular complexity index is 1710. The molecule has 0 N–H and O–H groups in total. The fraction of sp³-hybridized carbons (Fsp3) is 0.419. The van der Waals surface area contributed by atoms with Gasteiger partial charge >= 0.3 is 12.1 Å². The fourth-order valence-electron chi connectivity index (χ4n) is 5.28. The number of hydrogen-bond donors (Lipinski definition) is 0. The molecular weight excluding hydrogens is 655 g/mol. The molecule has 1 aromatic heterocycles. The quantitative estimate of drug-likeness (QED) is 0.288. The second kappa shape index (κ2) is 13.5. The maximum atomic E-state index is 13.8. The Morgan fingerprint density at radius 1 is 0.978 bits per heavy atom. The van der Waals surface area contributed by atoms with Crippen LogP contribution in [0.3, 0.4) is 0 Å². The number of halogens is 2. The summed E-state index contributed by atoms with van der Waals surface area (Å²) < 4.78 is 39.2. The molecule has 46 heavy (non-hydrogen) atoms. The molecule has 0 radical (unpaired) electrons. The molecule has 1 fully saturated rings. The van der Waals surface area contributed by atoms with Crippen molar-refractivity contribution in [2.75, 3.05) is 60.0 Å². The van der Waals surface area contributed by atoms with Gasteiger partial charge in [-0.2, -0.15) is 4.98 Å². The van der Waals surface area contributed by atoms with Gasteiger partial charge in [0.1, 0.15) is 18.0 Å². The Balaban J connectivity index is 1.37. The largest absolute Gasteiger partial charge is 0.465 e. The predicted molar refractivity (Wildman–Crippen MR) is 177 cm³/mol. The van der Waals surface area contributed by atoms with Crippen molar-refractivity contribution in [2.45, 2.75) is 44.6 Å². The summed E-state index contributed by atoms with van der Waals surface area (Å²) in [4.78, 5) is 40.0. The number of ether oxygens (including phenoxy) is 2. The van der Waals surface area contributed by atoms with Gasteiger partial charge in [0.05, 0.1) is 17.2 Å². The van der Waals surface area contributed by atoms with Crippen LogP contribution in [-0.2, 0) is 30.7 Å². The van der Waals surface area contributed by atoms with Crippen molar-refractivity contribution in [3.8, 4) is 0 Å². The second-order valence-electron chi connectivity index (χ2n) is 11.8. The van der Waals surface area contributed by atoms with Crippen molar-refractivity contribution in [3.05, 3.63) is 64.3 Å². The molecule has 15 heteroatoms. The Morgan fingerprint density at radius 2 is 1.67 bits per heavy atom. The molecule has 12 nitrogen and oxygen atoms in total. The highest BCUT2D eigenvalue weighted by atomic mass is 35.5. The summed E-state index contributed by atoms with van der Waals surface area (Å²) in [7, 11) is -4.24. The van der Waals surface area contributed by atoms with E-state index in [1.54, 1.807) is 36.2 Å². The average molecular weight is 692 g/mol. The number of nitrogens with zero attached hydrogens (tertiary/aromatic N) is 6. The summed E-state index contributed by atoms with van der Waals surface area (Å²) in [5.74, 6) is 0.549. The monoisotopic (exact) mass is 690 g/mol. The van der Waals surface area contributed by atoms with E-state index < -0.39 is 28.1 Å². The zero-order chi connectivity index (χ0) is 33.2. The van der Waals surface area contributed by atoms with Crippen molar-refractivity contribution in [1.82, 2.24) is 14.9 Å². The molecule has 2 aliphatic rings. The van der Waals surface area contributed by atoms with Gasteiger partial charge in [0, 0.05) is 54.7 Å². The number of carbonyl (C=O) groups excluding carboxylic acids is 2. The number of hydrogen-bond acceptors (Lipinski definition) is 10. The van der Waals surface area contributed by atoms with E-state index in [0.29, 0.717) is 50.8 Å². The fourth-order valence-corrected chi connectivity index (χ4v) is 7.41. The van der Waals surface area contributed by atoms with Gasteiger partial charge in [-0.05, 0) is 82.1 Å². The van der Waals surface area contributed by atoms with Crippen LogP contribution < -0.4 is 14.1 Å². The number of sulfonamides is 1. The minimum atomic E-state index is -4.24.